The summed E-state index contributed by atoms with van der Waals surface area (Å²) < 4.78 is 5.25. The first-order chi connectivity index (χ1) is 16.4. The number of benzene rings is 1. The lowest BCUT2D eigenvalue weighted by Crippen LogP contribution is -2.41. The van der Waals surface area contributed by atoms with Crippen molar-refractivity contribution in [3.05, 3.63) is 39.9 Å². The number of methoxy groups -OCH3 is 1. The van der Waals surface area contributed by atoms with E-state index in [4.69, 9.17) is 27.9 Å². The fourth-order valence-corrected chi connectivity index (χ4v) is 4.78. The quantitative estimate of drug-likeness (QED) is 0.515. The van der Waals surface area contributed by atoms with E-state index in [-0.39, 0.29) is 18.2 Å². The average molecular weight is 512 g/mol. The van der Waals surface area contributed by atoms with Gasteiger partial charge < -0.3 is 24.5 Å². The van der Waals surface area contributed by atoms with Gasteiger partial charge >= 0.3 is 0 Å². The van der Waals surface area contributed by atoms with Crippen LogP contribution in [-0.2, 0) is 14.3 Å². The zero-order valence-electron chi connectivity index (χ0n) is 19.8. The van der Waals surface area contributed by atoms with Crippen LogP contribution in [0.3, 0.4) is 0 Å². The smallest absolute Gasteiger partial charge is 0.246 e. The van der Waals surface area contributed by atoms with Gasteiger partial charge in [-0.1, -0.05) is 29.3 Å². The zero-order chi connectivity index (χ0) is 24.5. The summed E-state index contributed by atoms with van der Waals surface area (Å²) in [5, 5.41) is 11.4. The first-order valence-corrected chi connectivity index (χ1v) is 12.7. The Hall–Kier alpha value is -1.64. The second kappa shape index (κ2) is 13.4. The first-order valence-electron chi connectivity index (χ1n) is 11.9. The molecule has 1 N–H and O–H groups in total. The van der Waals surface area contributed by atoms with Gasteiger partial charge in [0.25, 0.3) is 0 Å². The van der Waals surface area contributed by atoms with Crippen LogP contribution in [0.5, 0.6) is 0 Å². The molecule has 0 saturated carbocycles. The van der Waals surface area contributed by atoms with Crippen molar-refractivity contribution in [1.82, 2.24) is 14.7 Å². The Morgan fingerprint density at radius 1 is 1.18 bits per heavy atom. The minimum absolute atomic E-state index is 0.0244. The van der Waals surface area contributed by atoms with E-state index < -0.39 is 6.10 Å². The van der Waals surface area contributed by atoms with Crippen LogP contribution in [0.15, 0.2) is 24.3 Å². The van der Waals surface area contributed by atoms with E-state index in [0.717, 1.165) is 38.1 Å². The summed E-state index contributed by atoms with van der Waals surface area (Å²) in [5.74, 6) is 0.492. The molecule has 1 unspecified atom stereocenters. The molecule has 7 nitrogen and oxygen atoms in total. The number of hydrogen-bond acceptors (Lipinski definition) is 5. The molecule has 2 heterocycles. The molecule has 34 heavy (non-hydrogen) atoms. The van der Waals surface area contributed by atoms with Gasteiger partial charge in [-0.25, -0.2) is 0 Å². The standard InChI is InChI=1S/C25H35Cl2N3O4/c1-34-18-20-6-10-28(11-7-20)17-21(31)8-12-29-14-15-30(13-9-25(29)33)24(32)5-3-19-2-4-22(26)23(27)16-19/h2-5,16,20-21,31H,6-15,17-18H2,1H3. The molecule has 9 heteroatoms. The number of amides is 2. The lowest BCUT2D eigenvalue weighted by molar-refractivity contribution is -0.130. The van der Waals surface area contributed by atoms with E-state index in [2.05, 4.69) is 4.90 Å². The van der Waals surface area contributed by atoms with Crippen molar-refractivity contribution in [2.75, 3.05) is 59.5 Å². The minimum Gasteiger partial charge on any atom is -0.392 e. The summed E-state index contributed by atoms with van der Waals surface area (Å²) in [7, 11) is 1.74. The van der Waals surface area contributed by atoms with Gasteiger partial charge in [-0.05, 0) is 62.0 Å². The van der Waals surface area contributed by atoms with Crippen molar-refractivity contribution in [2.24, 2.45) is 5.92 Å². The third-order valence-corrected chi connectivity index (χ3v) is 7.31. The van der Waals surface area contributed by atoms with Crippen molar-refractivity contribution in [3.63, 3.8) is 0 Å². The number of carbonyl (C=O) groups excluding carboxylic acids is 2. The molecule has 2 amide bonds. The van der Waals surface area contributed by atoms with E-state index in [0.29, 0.717) is 55.1 Å². The molecule has 0 bridgehead atoms. The van der Waals surface area contributed by atoms with Gasteiger partial charge in [0.1, 0.15) is 0 Å². The maximum absolute atomic E-state index is 12.6. The Morgan fingerprint density at radius 3 is 2.65 bits per heavy atom. The molecule has 0 aliphatic carbocycles. The normalized spacial score (nSPS) is 19.6. The third kappa shape index (κ3) is 8.24. The Bertz CT molecular complexity index is 859. The molecule has 2 aliphatic heterocycles. The van der Waals surface area contributed by atoms with Crippen molar-refractivity contribution in [3.8, 4) is 0 Å². The number of halogens is 2. The van der Waals surface area contributed by atoms with Crippen molar-refractivity contribution < 1.29 is 19.4 Å². The number of carbonyl (C=O) groups is 2. The summed E-state index contributed by atoms with van der Waals surface area (Å²) in [6, 6.07) is 5.18. The number of aliphatic hydroxyl groups excluding tert-OH is 1. The highest BCUT2D eigenvalue weighted by Gasteiger charge is 2.25. The van der Waals surface area contributed by atoms with Gasteiger partial charge in [-0.15, -0.1) is 0 Å². The highest BCUT2D eigenvalue weighted by Crippen LogP contribution is 2.23. The molecule has 1 aromatic rings. The predicted octanol–water partition coefficient (Wildman–Crippen LogP) is 3.18. The third-order valence-electron chi connectivity index (χ3n) is 6.57. The number of aliphatic hydroxyl groups is 1. The molecule has 0 aromatic heterocycles. The number of piperidine rings is 1. The maximum atomic E-state index is 12.6. The van der Waals surface area contributed by atoms with Crippen LogP contribution in [0.2, 0.25) is 10.0 Å². The molecular weight excluding hydrogens is 477 g/mol. The van der Waals surface area contributed by atoms with Crippen molar-refractivity contribution >= 4 is 41.1 Å². The van der Waals surface area contributed by atoms with Crippen LogP contribution >= 0.6 is 23.2 Å². The van der Waals surface area contributed by atoms with Crippen LogP contribution in [0.4, 0.5) is 0 Å². The van der Waals surface area contributed by atoms with Crippen LogP contribution in [0.25, 0.3) is 6.08 Å². The topological polar surface area (TPSA) is 73.3 Å². The van der Waals surface area contributed by atoms with Crippen LogP contribution < -0.4 is 0 Å². The summed E-state index contributed by atoms with van der Waals surface area (Å²) in [5.41, 5.74) is 0.784. The Kier molecular flexibility index (Phi) is 10.7. The van der Waals surface area contributed by atoms with Crippen LogP contribution in [0.1, 0.15) is 31.2 Å². The van der Waals surface area contributed by atoms with E-state index in [9.17, 15) is 14.7 Å². The highest BCUT2D eigenvalue weighted by atomic mass is 35.5. The summed E-state index contributed by atoms with van der Waals surface area (Å²) in [6.07, 6.45) is 5.73. The molecule has 0 spiro atoms. The monoisotopic (exact) mass is 511 g/mol. The Morgan fingerprint density at radius 2 is 1.94 bits per heavy atom. The van der Waals surface area contributed by atoms with Gasteiger partial charge in [0.15, 0.2) is 0 Å². The van der Waals surface area contributed by atoms with Gasteiger partial charge in [0.2, 0.25) is 11.8 Å². The van der Waals surface area contributed by atoms with Crippen molar-refractivity contribution in [2.45, 2.75) is 31.8 Å². The molecule has 2 aliphatic rings. The summed E-state index contributed by atoms with van der Waals surface area (Å²) in [4.78, 5) is 31.0. The molecule has 1 aromatic carbocycles. The highest BCUT2D eigenvalue weighted by molar-refractivity contribution is 6.42. The fraction of sp³-hybridized carbons (Fsp3) is 0.600. The zero-order valence-corrected chi connectivity index (χ0v) is 21.3. The van der Waals surface area contributed by atoms with E-state index in [1.807, 2.05) is 0 Å². The molecule has 2 saturated heterocycles. The molecule has 188 valence electrons. The number of nitrogens with zero attached hydrogens (tertiary/aromatic N) is 3. The number of β-amino-alcohol motifs (C(OH)–C–C–N with tert-alkyl or cyclic N) is 1. The van der Waals surface area contributed by atoms with Crippen LogP contribution in [-0.4, -0.2) is 97.3 Å². The largest absolute Gasteiger partial charge is 0.392 e. The molecule has 2 fully saturated rings. The maximum Gasteiger partial charge on any atom is 0.246 e. The van der Waals surface area contributed by atoms with Crippen molar-refractivity contribution in [1.29, 1.82) is 0 Å². The lowest BCUT2D eigenvalue weighted by atomic mass is 9.97. The Balaban J connectivity index is 1.42. The number of rotatable bonds is 9. The van der Waals surface area contributed by atoms with E-state index >= 15 is 0 Å². The minimum atomic E-state index is -0.470. The fourth-order valence-electron chi connectivity index (χ4n) is 4.48. The number of hydrogen-bond donors (Lipinski definition) is 1. The molecule has 3 rings (SSSR count). The lowest BCUT2D eigenvalue weighted by Gasteiger charge is -2.33. The number of ether oxygens (including phenoxy) is 1. The molecule has 1 atom stereocenters. The molecule has 0 radical (unpaired) electrons. The molecular formula is C25H35Cl2N3O4. The van der Waals surface area contributed by atoms with Gasteiger partial charge in [0.05, 0.1) is 16.1 Å². The second-order valence-corrected chi connectivity index (χ2v) is 9.92. The predicted molar refractivity (Wildman–Crippen MR) is 135 cm³/mol. The first kappa shape index (κ1) is 27.0. The number of likely N-dealkylation sites (tertiary alicyclic amines) is 1. The van der Waals surface area contributed by atoms with E-state index in [1.54, 1.807) is 41.2 Å². The second-order valence-electron chi connectivity index (χ2n) is 9.10. The summed E-state index contributed by atoms with van der Waals surface area (Å²) >= 11 is 12.0. The van der Waals surface area contributed by atoms with Crippen LogP contribution in [0, 0.1) is 5.92 Å². The SMILES string of the molecule is COCC1CCN(CC(O)CCN2CCN(C(=O)C=Cc3ccc(Cl)c(Cl)c3)CCC2=O)CC1. The average Bonchev–Trinajstić information content (AvgIpc) is 3.01. The van der Waals surface area contributed by atoms with E-state index in [1.165, 1.54) is 6.08 Å². The van der Waals surface area contributed by atoms with Gasteiger partial charge in [-0.3, -0.25) is 9.59 Å². The Labute approximate surface area is 212 Å². The van der Waals surface area contributed by atoms with Gasteiger partial charge in [-0.2, -0.15) is 0 Å². The van der Waals surface area contributed by atoms with Gasteiger partial charge in [0, 0.05) is 58.9 Å². The summed E-state index contributed by atoms with van der Waals surface area (Å²) in [6.45, 7) is 5.21.